The van der Waals surface area contributed by atoms with Crippen LogP contribution in [0.4, 0.5) is 0 Å². The van der Waals surface area contributed by atoms with Gasteiger partial charge in [-0.1, -0.05) is 82.2 Å². The monoisotopic (exact) mass is 404 g/mol. The second kappa shape index (κ2) is 11.3. The summed E-state index contributed by atoms with van der Waals surface area (Å²) in [6, 6.07) is 8.11. The molecule has 1 aliphatic carbocycles. The lowest BCUT2D eigenvalue weighted by atomic mass is 9.85. The van der Waals surface area contributed by atoms with E-state index in [1.807, 2.05) is 0 Å². The minimum Gasteiger partial charge on any atom is -0.360 e. The summed E-state index contributed by atoms with van der Waals surface area (Å²) < 4.78 is 25.8. The van der Waals surface area contributed by atoms with E-state index in [1.54, 1.807) is 18.2 Å². The van der Waals surface area contributed by atoms with Crippen molar-refractivity contribution in [2.24, 2.45) is 5.92 Å². The van der Waals surface area contributed by atoms with Gasteiger partial charge in [0.2, 0.25) is 0 Å². The molecule has 5 nitrogen and oxygen atoms in total. The summed E-state index contributed by atoms with van der Waals surface area (Å²) >= 11 is 0. The van der Waals surface area contributed by atoms with Gasteiger partial charge in [0.05, 0.1) is 5.25 Å². The van der Waals surface area contributed by atoms with Crippen LogP contribution in [0.15, 0.2) is 30.3 Å². The molecule has 0 atom stereocenters. The Labute approximate surface area is 169 Å². The van der Waals surface area contributed by atoms with E-state index in [9.17, 15) is 18.7 Å². The quantitative estimate of drug-likeness (QED) is 0.134. The molecule has 1 fully saturated rings. The largest absolute Gasteiger partial charge is 0.452 e. The van der Waals surface area contributed by atoms with Crippen LogP contribution in [0.3, 0.4) is 0 Å². The van der Waals surface area contributed by atoms with Crippen LogP contribution in [0.5, 0.6) is 0 Å². The van der Waals surface area contributed by atoms with Crippen molar-refractivity contribution in [3.8, 4) is 0 Å². The molecule has 28 heavy (non-hydrogen) atoms. The number of nitrogens with zero attached hydrogens (tertiary/aromatic N) is 2. The van der Waals surface area contributed by atoms with Crippen LogP contribution in [0.1, 0.15) is 87.9 Å². The minimum atomic E-state index is -3.93. The number of carbonyl (C=O) groups is 1. The number of sulfone groups is 1. The van der Waals surface area contributed by atoms with E-state index in [4.69, 9.17) is 0 Å². The van der Waals surface area contributed by atoms with Gasteiger partial charge in [0.15, 0.2) is 0 Å². The van der Waals surface area contributed by atoms with Crippen LogP contribution >= 0.6 is 0 Å². The molecular weight excluding hydrogens is 372 g/mol. The molecule has 0 radical (unpaired) electrons. The summed E-state index contributed by atoms with van der Waals surface area (Å²) in [5.74, 6) is -0.172. The van der Waals surface area contributed by atoms with Crippen LogP contribution in [-0.2, 0) is 9.84 Å². The molecule has 0 amide bonds. The summed E-state index contributed by atoms with van der Waals surface area (Å²) in [4.78, 5) is 15.4. The van der Waals surface area contributed by atoms with Crippen LogP contribution in [0.2, 0.25) is 0 Å². The molecule has 2 rings (SSSR count). The molecule has 0 N–H and O–H groups in total. The van der Waals surface area contributed by atoms with Gasteiger partial charge >= 0.3 is 5.04 Å². The number of benzene rings is 1. The maximum absolute atomic E-state index is 12.9. The van der Waals surface area contributed by atoms with Crippen LogP contribution in [-0.4, -0.2) is 29.3 Å². The second-order valence-corrected chi connectivity index (χ2v) is 9.99. The molecule has 1 aromatic rings. The van der Waals surface area contributed by atoms with E-state index < -0.39 is 25.9 Å². The Balaban J connectivity index is 1.88. The molecule has 1 aromatic carbocycles. The molecule has 1 aliphatic rings. The van der Waals surface area contributed by atoms with E-state index in [0.29, 0.717) is 18.8 Å². The van der Waals surface area contributed by atoms with Gasteiger partial charge in [-0.15, -0.1) is 4.79 Å². The topological polar surface area (TPSA) is 87.6 Å². The van der Waals surface area contributed by atoms with E-state index in [2.05, 4.69) is 11.7 Å². The van der Waals surface area contributed by atoms with Gasteiger partial charge in [0, 0.05) is 5.56 Å². The van der Waals surface area contributed by atoms with Crippen LogP contribution in [0, 0.1) is 5.92 Å². The molecule has 6 heteroatoms. The summed E-state index contributed by atoms with van der Waals surface area (Å²) in [5.41, 5.74) is 9.49. The summed E-state index contributed by atoms with van der Waals surface area (Å²) in [7, 11) is -3.93. The Morgan fingerprint density at radius 1 is 1.00 bits per heavy atom. The summed E-state index contributed by atoms with van der Waals surface area (Å²) in [6.07, 6.45) is 11.6. The molecule has 1 saturated carbocycles. The van der Waals surface area contributed by atoms with Gasteiger partial charge in [-0.2, -0.15) is 0 Å². The Morgan fingerprint density at radius 3 is 2.21 bits per heavy atom. The zero-order valence-corrected chi connectivity index (χ0v) is 17.7. The Kier molecular flexibility index (Phi) is 9.07. The lowest BCUT2D eigenvalue weighted by Gasteiger charge is -2.27. The van der Waals surface area contributed by atoms with Crippen molar-refractivity contribution in [2.75, 3.05) is 0 Å². The number of unbranched alkanes of at least 4 members (excludes halogenated alkanes) is 5. The third-order valence-electron chi connectivity index (χ3n) is 5.79. The molecule has 0 saturated heterocycles. The first-order valence-electron chi connectivity index (χ1n) is 10.6. The van der Waals surface area contributed by atoms with Gasteiger partial charge in [0.25, 0.3) is 15.6 Å². The molecule has 0 spiro atoms. The van der Waals surface area contributed by atoms with E-state index in [1.165, 1.54) is 50.7 Å². The smallest absolute Gasteiger partial charge is 0.360 e. The third kappa shape index (κ3) is 6.11. The maximum Gasteiger partial charge on any atom is 0.452 e. The average Bonchev–Trinajstić information content (AvgIpc) is 2.72. The molecule has 0 unspecified atom stereocenters. The van der Waals surface area contributed by atoms with E-state index in [-0.39, 0.29) is 5.56 Å². The van der Waals surface area contributed by atoms with E-state index >= 15 is 0 Å². The Hall–Kier alpha value is -1.78. The molecule has 0 aromatic heterocycles. The zero-order chi connectivity index (χ0) is 20.4. The fraction of sp³-hybridized carbons (Fsp3) is 0.636. The van der Waals surface area contributed by atoms with Crippen molar-refractivity contribution in [1.82, 2.24) is 0 Å². The van der Waals surface area contributed by atoms with Crippen molar-refractivity contribution < 1.29 is 18.0 Å². The predicted octanol–water partition coefficient (Wildman–Crippen LogP) is 5.22. The second-order valence-electron chi connectivity index (χ2n) is 7.84. The van der Waals surface area contributed by atoms with Crippen molar-refractivity contribution in [1.29, 1.82) is 0 Å². The number of rotatable bonds is 10. The Bertz CT molecular complexity index is 775. The van der Waals surface area contributed by atoms with Gasteiger partial charge in [0.1, 0.15) is 0 Å². The maximum atomic E-state index is 12.9. The fourth-order valence-electron chi connectivity index (χ4n) is 4.05. The highest BCUT2D eigenvalue weighted by Gasteiger charge is 2.43. The van der Waals surface area contributed by atoms with Crippen LogP contribution in [0.25, 0.3) is 5.53 Å². The Morgan fingerprint density at radius 2 is 1.61 bits per heavy atom. The van der Waals surface area contributed by atoms with Crippen LogP contribution < -0.4 is 0 Å². The molecule has 0 aliphatic heterocycles. The summed E-state index contributed by atoms with van der Waals surface area (Å²) in [5, 5.41) is -1.36. The molecule has 0 bridgehead atoms. The van der Waals surface area contributed by atoms with Crippen molar-refractivity contribution in [2.45, 2.75) is 82.8 Å². The molecular formula is C22H32N2O3S. The lowest BCUT2D eigenvalue weighted by molar-refractivity contribution is -0.00170. The van der Waals surface area contributed by atoms with Gasteiger partial charge < -0.3 is 5.53 Å². The first-order chi connectivity index (χ1) is 13.5. The fourth-order valence-corrected chi connectivity index (χ4v) is 5.75. The highest BCUT2D eigenvalue weighted by atomic mass is 32.2. The summed E-state index contributed by atoms with van der Waals surface area (Å²) in [6.45, 7) is 2.22. The van der Waals surface area contributed by atoms with Crippen molar-refractivity contribution in [3.63, 3.8) is 0 Å². The highest BCUT2D eigenvalue weighted by Crippen LogP contribution is 2.32. The van der Waals surface area contributed by atoms with E-state index in [0.717, 1.165) is 19.3 Å². The number of Topliss-reactive ketones (excluding diaryl/α,β-unsaturated/α-hetero) is 1. The van der Waals surface area contributed by atoms with Crippen molar-refractivity contribution >= 4 is 20.7 Å². The lowest BCUT2D eigenvalue weighted by Crippen LogP contribution is -2.36. The third-order valence-corrected chi connectivity index (χ3v) is 7.94. The number of hydrogen-bond acceptors (Lipinski definition) is 3. The van der Waals surface area contributed by atoms with Gasteiger partial charge in [-0.3, -0.25) is 4.79 Å². The highest BCUT2D eigenvalue weighted by molar-refractivity contribution is 8.08. The standard InChI is InChI=1S/C22H32N2O3S/c1-2-3-4-5-6-8-11-18-14-16-20(17-15-18)28(26,27)22(24-23)21(25)19-12-9-7-10-13-19/h7,9-10,12-13,18,20H,2-6,8,11,14-17H2,1H3. The first kappa shape index (κ1) is 22.5. The molecule has 154 valence electrons. The first-order valence-corrected chi connectivity index (χ1v) is 12.1. The van der Waals surface area contributed by atoms with Gasteiger partial charge in [-0.05, 0) is 31.6 Å². The SMILES string of the molecule is CCCCCCCCC1CCC(S(=O)(=O)C(=[N+]=[N-])C(=O)c2ccccc2)CC1. The minimum absolute atomic E-state index is 0.218. The predicted molar refractivity (Wildman–Crippen MR) is 112 cm³/mol. The average molecular weight is 405 g/mol. The van der Waals surface area contributed by atoms with Crippen molar-refractivity contribution in [3.05, 3.63) is 41.4 Å². The molecule has 0 heterocycles. The number of hydrogen-bond donors (Lipinski definition) is 0. The normalized spacial score (nSPS) is 19.8. The van der Waals surface area contributed by atoms with Gasteiger partial charge in [-0.25, -0.2) is 8.42 Å². The number of carbonyl (C=O) groups excluding carboxylic acids is 1. The number of ketones is 1. The zero-order valence-electron chi connectivity index (χ0n) is 16.8.